The quantitative estimate of drug-likeness (QED) is 0.452. The molecule has 0 aliphatic carbocycles. The Labute approximate surface area is 172 Å². The van der Waals surface area contributed by atoms with Crippen molar-refractivity contribution in [3.8, 4) is 5.75 Å². The maximum absolute atomic E-state index is 12.6. The van der Waals surface area contributed by atoms with Crippen molar-refractivity contribution in [2.45, 2.75) is 69.8 Å². The lowest BCUT2D eigenvalue weighted by molar-refractivity contribution is 0.00626. The lowest BCUT2D eigenvalue weighted by Gasteiger charge is -2.42. The van der Waals surface area contributed by atoms with Crippen molar-refractivity contribution in [1.29, 1.82) is 0 Å². The zero-order chi connectivity index (χ0) is 20.5. The normalized spacial score (nSPS) is 25.6. The van der Waals surface area contributed by atoms with Crippen LogP contribution >= 0.6 is 12.6 Å². The zero-order valence-corrected chi connectivity index (χ0v) is 18.0. The second-order valence-electron chi connectivity index (χ2n) is 8.58. The van der Waals surface area contributed by atoms with Crippen molar-refractivity contribution in [2.75, 3.05) is 18.5 Å². The Morgan fingerprint density at radius 1 is 1.43 bits per heavy atom. The minimum absolute atomic E-state index is 0.0313. The van der Waals surface area contributed by atoms with Gasteiger partial charge in [0.15, 0.2) is 0 Å². The molecule has 2 aliphatic rings. The summed E-state index contributed by atoms with van der Waals surface area (Å²) >= 11 is 4.65. The molecule has 1 unspecified atom stereocenters. The molecule has 0 radical (unpaired) electrons. The van der Waals surface area contributed by atoms with Gasteiger partial charge in [-0.05, 0) is 46.2 Å². The van der Waals surface area contributed by atoms with E-state index in [0.29, 0.717) is 19.6 Å². The largest absolute Gasteiger partial charge is 0.493 e. The fourth-order valence-electron chi connectivity index (χ4n) is 3.71. The molecule has 0 aromatic heterocycles. The molecule has 28 heavy (non-hydrogen) atoms. The van der Waals surface area contributed by atoms with E-state index >= 15 is 0 Å². The Bertz CT molecular complexity index is 709. The van der Waals surface area contributed by atoms with Gasteiger partial charge in [-0.2, -0.15) is 0 Å². The van der Waals surface area contributed by atoms with E-state index in [1.807, 2.05) is 45.9 Å². The number of anilines is 1. The number of carbonyl (C=O) groups is 1. The van der Waals surface area contributed by atoms with Crippen LogP contribution in [-0.4, -0.2) is 53.4 Å². The Balaban J connectivity index is 1.62. The van der Waals surface area contributed by atoms with Crippen molar-refractivity contribution < 1.29 is 14.3 Å². The number of nitrogens with one attached hydrogen (secondary N) is 2. The van der Waals surface area contributed by atoms with Crippen molar-refractivity contribution in [1.82, 2.24) is 10.2 Å². The number of fused-ring (bicyclic) bond motifs is 1. The number of piperidine rings is 1. The molecule has 4 N–H and O–H groups in total. The predicted molar refractivity (Wildman–Crippen MR) is 114 cm³/mol. The molecule has 1 saturated heterocycles. The minimum Gasteiger partial charge on any atom is -0.493 e. The highest BCUT2D eigenvalue weighted by Gasteiger charge is 2.36. The molecule has 1 amide bonds. The molecular weight excluding hydrogens is 376 g/mol. The van der Waals surface area contributed by atoms with E-state index in [-0.39, 0.29) is 29.7 Å². The summed E-state index contributed by atoms with van der Waals surface area (Å²) in [6.07, 6.45) is 1.28. The van der Waals surface area contributed by atoms with Gasteiger partial charge < -0.3 is 25.4 Å². The summed E-state index contributed by atoms with van der Waals surface area (Å²) in [5, 5.41) is 6.80. The number of nitrogens with two attached hydrogens (primary N) is 1. The van der Waals surface area contributed by atoms with Crippen LogP contribution in [0.1, 0.15) is 39.7 Å². The van der Waals surface area contributed by atoms with Crippen LogP contribution in [0.4, 0.5) is 10.5 Å². The fourth-order valence-corrected chi connectivity index (χ4v) is 4.04. The second-order valence-corrected chi connectivity index (χ2v) is 9.10. The van der Waals surface area contributed by atoms with Crippen molar-refractivity contribution >= 4 is 24.4 Å². The molecule has 2 heterocycles. The third-order valence-electron chi connectivity index (χ3n) is 5.09. The molecule has 7 nitrogen and oxygen atoms in total. The number of benzene rings is 1. The van der Waals surface area contributed by atoms with Gasteiger partial charge >= 0.3 is 6.09 Å². The third kappa shape index (κ3) is 5.04. The van der Waals surface area contributed by atoms with E-state index in [0.717, 1.165) is 17.9 Å². The van der Waals surface area contributed by atoms with Gasteiger partial charge in [-0.1, -0.05) is 6.07 Å². The van der Waals surface area contributed by atoms with Gasteiger partial charge in [0, 0.05) is 42.3 Å². The van der Waals surface area contributed by atoms with Crippen LogP contribution in [0.5, 0.6) is 5.75 Å². The lowest BCUT2D eigenvalue weighted by atomic mass is 9.95. The van der Waals surface area contributed by atoms with Gasteiger partial charge in [-0.25, -0.2) is 4.79 Å². The topological polar surface area (TPSA) is 88.9 Å². The maximum Gasteiger partial charge on any atom is 0.410 e. The number of hydrogen-bond donors (Lipinski definition) is 4. The smallest absolute Gasteiger partial charge is 0.410 e. The van der Waals surface area contributed by atoms with Crippen LogP contribution in [0.25, 0.3) is 0 Å². The highest BCUT2D eigenvalue weighted by atomic mass is 32.1. The van der Waals surface area contributed by atoms with Crippen molar-refractivity contribution in [3.05, 3.63) is 23.8 Å². The van der Waals surface area contributed by atoms with Crippen molar-refractivity contribution in [3.63, 3.8) is 0 Å². The van der Waals surface area contributed by atoms with Crippen LogP contribution in [0.15, 0.2) is 18.2 Å². The van der Waals surface area contributed by atoms with Gasteiger partial charge in [0.1, 0.15) is 16.8 Å². The first-order valence-electron chi connectivity index (χ1n) is 9.84. The standard InChI is InChI=1S/C20H32N4O3S/c1-12-10-14(21)16(11-24(12)19(25)27-20(2,3)4)23-18(28)22-15-6-5-7-17-13(15)8-9-26-17/h5-7,12,14,16,18,22-23,28H,8-11,21H2,1-4H3/t12-,14+,16-,18?/m1/s1. The monoisotopic (exact) mass is 408 g/mol. The number of nitrogens with zero attached hydrogens (tertiary/aromatic N) is 1. The average Bonchev–Trinajstić information content (AvgIpc) is 3.05. The Hall–Kier alpha value is -1.64. The molecule has 1 aromatic rings. The first kappa shape index (κ1) is 21.1. The Morgan fingerprint density at radius 2 is 2.18 bits per heavy atom. The molecule has 3 rings (SSSR count). The average molecular weight is 409 g/mol. The molecule has 0 saturated carbocycles. The molecule has 1 fully saturated rings. The SMILES string of the molecule is C[C@@H]1C[C@H](N)[C@H](NC(S)Nc2cccc3c2CCO3)CN1C(=O)OC(C)(C)C. The summed E-state index contributed by atoms with van der Waals surface area (Å²) < 4.78 is 11.2. The minimum atomic E-state index is -0.525. The molecular formula is C20H32N4O3S. The number of thiol groups is 1. The number of hydrogen-bond acceptors (Lipinski definition) is 7. The van der Waals surface area contributed by atoms with Gasteiger partial charge in [-0.3, -0.25) is 5.32 Å². The summed E-state index contributed by atoms with van der Waals surface area (Å²) in [6.45, 7) is 8.80. The number of carbonyl (C=O) groups excluding carboxylic acids is 1. The van der Waals surface area contributed by atoms with Gasteiger partial charge in [0.25, 0.3) is 0 Å². The number of rotatable bonds is 4. The highest BCUT2D eigenvalue weighted by molar-refractivity contribution is 7.81. The van der Waals surface area contributed by atoms with E-state index in [4.69, 9.17) is 15.2 Å². The van der Waals surface area contributed by atoms with Crippen LogP contribution in [0.2, 0.25) is 0 Å². The lowest BCUT2D eigenvalue weighted by Crippen LogP contribution is -2.63. The van der Waals surface area contributed by atoms with E-state index in [2.05, 4.69) is 23.3 Å². The number of amides is 1. The molecule has 156 valence electrons. The fraction of sp³-hybridized carbons (Fsp3) is 0.650. The zero-order valence-electron chi connectivity index (χ0n) is 17.1. The summed E-state index contributed by atoms with van der Waals surface area (Å²) in [7, 11) is 0. The number of ether oxygens (including phenoxy) is 2. The van der Waals surface area contributed by atoms with Gasteiger partial charge in [0.05, 0.1) is 6.61 Å². The van der Waals surface area contributed by atoms with Gasteiger partial charge in [0.2, 0.25) is 0 Å². The summed E-state index contributed by atoms with van der Waals surface area (Å²) in [5.74, 6) is 0.921. The first-order chi connectivity index (χ1) is 13.1. The van der Waals surface area contributed by atoms with E-state index in [1.54, 1.807) is 4.90 Å². The van der Waals surface area contributed by atoms with Crippen LogP contribution in [-0.2, 0) is 11.2 Å². The highest BCUT2D eigenvalue weighted by Crippen LogP contribution is 2.32. The molecule has 1 aromatic carbocycles. The summed E-state index contributed by atoms with van der Waals surface area (Å²) in [4.78, 5) is 14.3. The van der Waals surface area contributed by atoms with E-state index in [9.17, 15) is 4.79 Å². The summed E-state index contributed by atoms with van der Waals surface area (Å²) in [5.41, 5.74) is 7.71. The Morgan fingerprint density at radius 3 is 2.89 bits per heavy atom. The van der Waals surface area contributed by atoms with Crippen LogP contribution in [0, 0.1) is 0 Å². The van der Waals surface area contributed by atoms with Crippen LogP contribution in [0.3, 0.4) is 0 Å². The maximum atomic E-state index is 12.6. The van der Waals surface area contributed by atoms with Crippen molar-refractivity contribution in [2.24, 2.45) is 5.73 Å². The Kier molecular flexibility index (Phi) is 6.31. The van der Waals surface area contributed by atoms with Crippen LogP contribution < -0.4 is 21.1 Å². The van der Waals surface area contributed by atoms with Gasteiger partial charge in [-0.15, -0.1) is 12.6 Å². The molecule has 2 aliphatic heterocycles. The molecule has 8 heteroatoms. The third-order valence-corrected chi connectivity index (χ3v) is 5.37. The molecule has 4 atom stereocenters. The number of likely N-dealkylation sites (tertiary alicyclic amines) is 1. The molecule has 0 spiro atoms. The predicted octanol–water partition coefficient (Wildman–Crippen LogP) is 2.56. The van der Waals surface area contributed by atoms with E-state index < -0.39 is 5.60 Å². The second kappa shape index (κ2) is 8.39. The molecule has 0 bridgehead atoms. The van der Waals surface area contributed by atoms with E-state index in [1.165, 1.54) is 5.56 Å². The summed E-state index contributed by atoms with van der Waals surface area (Å²) in [6, 6.07) is 5.83. The first-order valence-corrected chi connectivity index (χ1v) is 10.4.